The Morgan fingerprint density at radius 2 is 1.89 bits per heavy atom. The molecular weight excluding hydrogens is 240 g/mol. The van der Waals surface area contributed by atoms with Crippen LogP contribution in [0.1, 0.15) is 46.0 Å². The third-order valence-corrected chi connectivity index (χ3v) is 4.65. The number of β-amino-alcohol motifs (C(OH)–C–C–N with tert-alkyl or cyclic N) is 2. The van der Waals surface area contributed by atoms with Gasteiger partial charge in [-0.15, -0.1) is 0 Å². The first kappa shape index (κ1) is 15.2. The molecule has 0 bridgehead atoms. The Hall–Kier alpha value is -0.160. The maximum Gasteiger partial charge on any atom is 0.0774 e. The van der Waals surface area contributed by atoms with E-state index in [-0.39, 0.29) is 6.10 Å². The molecule has 112 valence electrons. The molecule has 1 heterocycles. The van der Waals surface area contributed by atoms with Crippen LogP contribution >= 0.6 is 0 Å². The lowest BCUT2D eigenvalue weighted by Gasteiger charge is -2.44. The fraction of sp³-hybridized carbons (Fsp3) is 1.00. The van der Waals surface area contributed by atoms with Gasteiger partial charge in [0, 0.05) is 38.8 Å². The summed E-state index contributed by atoms with van der Waals surface area (Å²) in [5.74, 6) is 0. The van der Waals surface area contributed by atoms with E-state index >= 15 is 0 Å². The van der Waals surface area contributed by atoms with Gasteiger partial charge in [-0.2, -0.15) is 0 Å². The van der Waals surface area contributed by atoms with Gasteiger partial charge in [0.2, 0.25) is 0 Å². The monoisotopic (exact) mass is 270 g/mol. The highest BCUT2D eigenvalue weighted by Gasteiger charge is 2.33. The quantitative estimate of drug-likeness (QED) is 0.802. The zero-order chi connectivity index (χ0) is 13.9. The van der Waals surface area contributed by atoms with E-state index in [4.69, 9.17) is 0 Å². The van der Waals surface area contributed by atoms with Crippen LogP contribution in [-0.2, 0) is 0 Å². The number of hydrogen-bond donors (Lipinski definition) is 2. The minimum atomic E-state index is -0.440. The lowest BCUT2D eigenvalue weighted by Crippen LogP contribution is -2.56. The molecule has 2 aliphatic rings. The summed E-state index contributed by atoms with van der Waals surface area (Å²) in [5.41, 5.74) is -0.440. The Kier molecular flexibility index (Phi) is 5.23. The number of nitrogens with zero attached hydrogens (tertiary/aromatic N) is 2. The van der Waals surface area contributed by atoms with E-state index in [1.807, 2.05) is 6.92 Å². The molecule has 1 saturated heterocycles. The van der Waals surface area contributed by atoms with Crippen molar-refractivity contribution in [3.63, 3.8) is 0 Å². The summed E-state index contributed by atoms with van der Waals surface area (Å²) in [5, 5.41) is 20.1. The molecule has 0 aromatic rings. The largest absolute Gasteiger partial charge is 0.392 e. The van der Waals surface area contributed by atoms with Crippen molar-refractivity contribution in [1.82, 2.24) is 9.80 Å². The van der Waals surface area contributed by atoms with Crippen LogP contribution in [0.2, 0.25) is 0 Å². The molecule has 0 amide bonds. The van der Waals surface area contributed by atoms with E-state index in [0.29, 0.717) is 6.04 Å². The molecule has 0 unspecified atom stereocenters. The van der Waals surface area contributed by atoms with Gasteiger partial charge in [-0.3, -0.25) is 9.80 Å². The summed E-state index contributed by atoms with van der Waals surface area (Å²) in [6, 6.07) is 0.468. The second-order valence-corrected chi connectivity index (χ2v) is 6.71. The molecule has 1 aliphatic heterocycles. The van der Waals surface area contributed by atoms with Gasteiger partial charge in [-0.05, 0) is 26.7 Å². The van der Waals surface area contributed by atoms with E-state index in [0.717, 1.165) is 45.6 Å². The molecule has 2 atom stereocenters. The van der Waals surface area contributed by atoms with Crippen molar-refractivity contribution in [2.75, 3.05) is 32.7 Å². The van der Waals surface area contributed by atoms with E-state index in [2.05, 4.69) is 16.7 Å². The van der Waals surface area contributed by atoms with Crippen molar-refractivity contribution in [3.8, 4) is 0 Å². The molecule has 2 rings (SSSR count). The molecule has 1 aliphatic carbocycles. The third-order valence-electron chi connectivity index (χ3n) is 4.65. The second kappa shape index (κ2) is 6.53. The van der Waals surface area contributed by atoms with Crippen molar-refractivity contribution in [2.45, 2.75) is 63.7 Å². The van der Waals surface area contributed by atoms with Crippen molar-refractivity contribution >= 4 is 0 Å². The topological polar surface area (TPSA) is 46.9 Å². The first-order chi connectivity index (χ1) is 8.98. The minimum absolute atomic E-state index is 0.253. The number of hydrogen-bond acceptors (Lipinski definition) is 4. The molecule has 2 N–H and O–H groups in total. The van der Waals surface area contributed by atoms with Gasteiger partial charge in [0.1, 0.15) is 0 Å². The van der Waals surface area contributed by atoms with Crippen LogP contribution in [0.4, 0.5) is 0 Å². The molecule has 0 aromatic heterocycles. The first-order valence-electron chi connectivity index (χ1n) is 7.85. The fourth-order valence-corrected chi connectivity index (χ4v) is 3.61. The molecule has 19 heavy (non-hydrogen) atoms. The minimum Gasteiger partial charge on any atom is -0.392 e. The second-order valence-electron chi connectivity index (χ2n) is 6.71. The van der Waals surface area contributed by atoms with Crippen molar-refractivity contribution in [3.05, 3.63) is 0 Å². The van der Waals surface area contributed by atoms with Crippen molar-refractivity contribution in [2.24, 2.45) is 0 Å². The standard InChI is InChI=1S/C15H30N2O2/c1-13-10-16(8-9-17(13)11-14(2)18)12-15(19)6-4-3-5-7-15/h13-14,18-19H,3-12H2,1-2H3/t13-,14-/m0/s1. The van der Waals surface area contributed by atoms with Crippen LogP contribution in [0, 0.1) is 0 Å². The van der Waals surface area contributed by atoms with Crippen LogP contribution in [0.5, 0.6) is 0 Å². The zero-order valence-corrected chi connectivity index (χ0v) is 12.5. The molecule has 4 nitrogen and oxygen atoms in total. The Bertz CT molecular complexity index is 277. The van der Waals surface area contributed by atoms with Gasteiger partial charge in [0.15, 0.2) is 0 Å². The molecule has 0 aromatic carbocycles. The average molecular weight is 270 g/mol. The molecule has 2 fully saturated rings. The summed E-state index contributed by atoms with van der Waals surface area (Å²) >= 11 is 0. The van der Waals surface area contributed by atoms with Crippen LogP contribution in [-0.4, -0.2) is 70.5 Å². The summed E-state index contributed by atoms with van der Waals surface area (Å²) in [7, 11) is 0. The van der Waals surface area contributed by atoms with E-state index in [9.17, 15) is 10.2 Å². The highest BCUT2D eigenvalue weighted by molar-refractivity contribution is 4.89. The predicted octanol–water partition coefficient (Wildman–Crippen LogP) is 1.07. The molecule has 0 spiro atoms. The lowest BCUT2D eigenvalue weighted by molar-refractivity contribution is -0.0456. The van der Waals surface area contributed by atoms with Gasteiger partial charge in [0.25, 0.3) is 0 Å². The van der Waals surface area contributed by atoms with Crippen LogP contribution < -0.4 is 0 Å². The Morgan fingerprint density at radius 1 is 1.21 bits per heavy atom. The first-order valence-corrected chi connectivity index (χ1v) is 7.85. The van der Waals surface area contributed by atoms with Crippen molar-refractivity contribution < 1.29 is 10.2 Å². The predicted molar refractivity (Wildman–Crippen MR) is 77.2 cm³/mol. The normalized spacial score (nSPS) is 31.3. The van der Waals surface area contributed by atoms with Crippen LogP contribution in [0.3, 0.4) is 0 Å². The number of rotatable bonds is 4. The SMILES string of the molecule is C[C@H](O)CN1CCN(CC2(O)CCCCC2)C[C@@H]1C. The van der Waals surface area contributed by atoms with Crippen molar-refractivity contribution in [1.29, 1.82) is 0 Å². The highest BCUT2D eigenvalue weighted by atomic mass is 16.3. The van der Waals surface area contributed by atoms with E-state index in [1.165, 1.54) is 19.3 Å². The van der Waals surface area contributed by atoms with Crippen LogP contribution in [0.15, 0.2) is 0 Å². The lowest BCUT2D eigenvalue weighted by atomic mass is 9.84. The molecule has 1 saturated carbocycles. The highest BCUT2D eigenvalue weighted by Crippen LogP contribution is 2.29. The number of aliphatic hydroxyl groups is 2. The van der Waals surface area contributed by atoms with Crippen LogP contribution in [0.25, 0.3) is 0 Å². The Morgan fingerprint density at radius 3 is 2.47 bits per heavy atom. The third kappa shape index (κ3) is 4.42. The molecule has 4 heteroatoms. The van der Waals surface area contributed by atoms with Gasteiger partial charge in [0.05, 0.1) is 11.7 Å². The molecule has 0 radical (unpaired) electrons. The van der Waals surface area contributed by atoms with E-state index in [1.54, 1.807) is 0 Å². The Balaban J connectivity index is 1.81. The van der Waals surface area contributed by atoms with E-state index < -0.39 is 5.60 Å². The van der Waals surface area contributed by atoms with Gasteiger partial charge < -0.3 is 10.2 Å². The van der Waals surface area contributed by atoms with Gasteiger partial charge in [-0.25, -0.2) is 0 Å². The summed E-state index contributed by atoms with van der Waals surface area (Å²) < 4.78 is 0. The van der Waals surface area contributed by atoms with Gasteiger partial charge >= 0.3 is 0 Å². The summed E-state index contributed by atoms with van der Waals surface area (Å²) in [4.78, 5) is 4.76. The zero-order valence-electron chi connectivity index (χ0n) is 12.5. The summed E-state index contributed by atoms with van der Waals surface area (Å²) in [6.45, 7) is 8.69. The summed E-state index contributed by atoms with van der Waals surface area (Å²) in [6.07, 6.45) is 5.31. The maximum atomic E-state index is 10.6. The Labute approximate surface area is 117 Å². The number of piperazine rings is 1. The average Bonchev–Trinajstić information content (AvgIpc) is 2.33. The molecular formula is C15H30N2O2. The maximum absolute atomic E-state index is 10.6. The number of aliphatic hydroxyl groups excluding tert-OH is 1. The fourth-order valence-electron chi connectivity index (χ4n) is 3.61. The van der Waals surface area contributed by atoms with Gasteiger partial charge in [-0.1, -0.05) is 19.3 Å². The smallest absolute Gasteiger partial charge is 0.0774 e.